The highest BCUT2D eigenvalue weighted by Gasteiger charge is 2.41. The summed E-state index contributed by atoms with van der Waals surface area (Å²) >= 11 is 0. The van der Waals surface area contributed by atoms with Crippen molar-refractivity contribution < 1.29 is 27.6 Å². The Kier molecular flexibility index (Phi) is 8.42. The van der Waals surface area contributed by atoms with Crippen LogP contribution in [0.5, 0.6) is 0 Å². The van der Waals surface area contributed by atoms with Crippen molar-refractivity contribution >= 4 is 29.1 Å². The van der Waals surface area contributed by atoms with E-state index in [0.29, 0.717) is 40.6 Å². The van der Waals surface area contributed by atoms with E-state index in [9.17, 15) is 27.6 Å². The van der Waals surface area contributed by atoms with Crippen LogP contribution in [0, 0.1) is 11.8 Å². The van der Waals surface area contributed by atoms with E-state index in [1.165, 1.54) is 0 Å². The SMILES string of the molecule is NC(=O)C(c1ccccc1)C(CCC(F)(F)F)C(=O)NC1N=C(c2ccccc2)c2ccccc2N(CC2CC2)C1=O. The number of benzene rings is 3. The molecular weight excluding hydrogens is 545 g/mol. The maximum Gasteiger partial charge on any atom is 0.389 e. The number of nitrogens with one attached hydrogen (secondary N) is 1. The second kappa shape index (κ2) is 12.2. The Morgan fingerprint density at radius 2 is 1.57 bits per heavy atom. The van der Waals surface area contributed by atoms with Crippen molar-refractivity contribution in [2.75, 3.05) is 11.4 Å². The number of alkyl halides is 3. The normalized spacial score (nSPS) is 18.4. The molecule has 42 heavy (non-hydrogen) atoms. The van der Waals surface area contributed by atoms with Crippen LogP contribution in [-0.4, -0.2) is 42.3 Å². The molecule has 3 aromatic rings. The van der Waals surface area contributed by atoms with Gasteiger partial charge in [0.05, 0.1) is 23.2 Å². The third-order valence-electron chi connectivity index (χ3n) is 7.62. The topological polar surface area (TPSA) is 105 Å². The molecule has 1 aliphatic heterocycles. The minimum atomic E-state index is -4.57. The number of hydrogen-bond donors (Lipinski definition) is 2. The minimum Gasteiger partial charge on any atom is -0.369 e. The zero-order chi connectivity index (χ0) is 29.9. The van der Waals surface area contributed by atoms with Gasteiger partial charge in [-0.3, -0.25) is 14.4 Å². The molecular formula is C32H31F3N4O3. The number of benzodiazepines with no additional fused rings is 1. The van der Waals surface area contributed by atoms with Gasteiger partial charge in [0.15, 0.2) is 0 Å². The summed E-state index contributed by atoms with van der Waals surface area (Å²) in [4.78, 5) is 46.8. The van der Waals surface area contributed by atoms with Crippen LogP contribution >= 0.6 is 0 Å². The molecule has 3 N–H and O–H groups in total. The molecule has 0 saturated heterocycles. The van der Waals surface area contributed by atoms with Gasteiger partial charge in [-0.1, -0.05) is 78.9 Å². The number of para-hydroxylation sites is 1. The number of hydrogen-bond acceptors (Lipinski definition) is 4. The highest BCUT2D eigenvalue weighted by molar-refractivity contribution is 6.20. The van der Waals surface area contributed by atoms with Gasteiger partial charge in [0.1, 0.15) is 0 Å². The summed E-state index contributed by atoms with van der Waals surface area (Å²) in [5, 5.41) is 2.62. The van der Waals surface area contributed by atoms with Crippen LogP contribution in [0.3, 0.4) is 0 Å². The predicted molar refractivity (Wildman–Crippen MR) is 153 cm³/mol. The molecule has 1 heterocycles. The summed E-state index contributed by atoms with van der Waals surface area (Å²) in [6.45, 7) is 0.422. The average Bonchev–Trinajstić information content (AvgIpc) is 3.81. The fourth-order valence-electron chi connectivity index (χ4n) is 5.36. The summed E-state index contributed by atoms with van der Waals surface area (Å²) in [6, 6.07) is 24.5. The molecule has 3 aromatic carbocycles. The van der Waals surface area contributed by atoms with E-state index in [1.54, 1.807) is 35.2 Å². The first-order chi connectivity index (χ1) is 20.1. The maximum atomic E-state index is 14.0. The zero-order valence-corrected chi connectivity index (χ0v) is 22.8. The quantitative estimate of drug-likeness (QED) is 0.357. The molecule has 1 fully saturated rings. The van der Waals surface area contributed by atoms with Gasteiger partial charge < -0.3 is 16.0 Å². The Hall–Kier alpha value is -4.47. The van der Waals surface area contributed by atoms with E-state index < -0.39 is 54.7 Å². The molecule has 3 atom stereocenters. The second-order valence-electron chi connectivity index (χ2n) is 10.7. The number of carbonyl (C=O) groups excluding carboxylic acids is 3. The van der Waals surface area contributed by atoms with Crippen LogP contribution in [0.4, 0.5) is 18.9 Å². The van der Waals surface area contributed by atoms with E-state index >= 15 is 0 Å². The molecule has 5 rings (SSSR count). The third kappa shape index (κ3) is 6.70. The van der Waals surface area contributed by atoms with Crippen LogP contribution in [0.25, 0.3) is 0 Å². The first-order valence-corrected chi connectivity index (χ1v) is 13.9. The van der Waals surface area contributed by atoms with Crippen LogP contribution in [0.15, 0.2) is 89.9 Å². The van der Waals surface area contributed by atoms with Crippen molar-refractivity contribution in [3.63, 3.8) is 0 Å². The number of carbonyl (C=O) groups is 3. The largest absolute Gasteiger partial charge is 0.389 e. The number of amides is 3. The summed E-state index contributed by atoms with van der Waals surface area (Å²) < 4.78 is 40.1. The van der Waals surface area contributed by atoms with Gasteiger partial charge in [-0.05, 0) is 36.8 Å². The van der Waals surface area contributed by atoms with Crippen LogP contribution in [0.2, 0.25) is 0 Å². The lowest BCUT2D eigenvalue weighted by Crippen LogP contribution is -2.51. The molecule has 1 aliphatic carbocycles. The molecule has 10 heteroatoms. The van der Waals surface area contributed by atoms with Crippen molar-refractivity contribution in [1.29, 1.82) is 0 Å². The van der Waals surface area contributed by atoms with Gasteiger partial charge in [-0.2, -0.15) is 13.2 Å². The van der Waals surface area contributed by atoms with E-state index in [4.69, 9.17) is 10.7 Å². The fraction of sp³-hybridized carbons (Fsp3) is 0.312. The predicted octanol–water partition coefficient (Wildman–Crippen LogP) is 4.95. The average molecular weight is 577 g/mol. The highest BCUT2D eigenvalue weighted by atomic mass is 19.4. The van der Waals surface area contributed by atoms with Crippen molar-refractivity contribution in [3.8, 4) is 0 Å². The summed E-state index contributed by atoms with van der Waals surface area (Å²) in [5.74, 6) is -4.87. The van der Waals surface area contributed by atoms with Crippen molar-refractivity contribution in [2.24, 2.45) is 22.6 Å². The molecule has 0 spiro atoms. The zero-order valence-electron chi connectivity index (χ0n) is 22.8. The van der Waals surface area contributed by atoms with Crippen LogP contribution < -0.4 is 16.0 Å². The molecule has 0 aromatic heterocycles. The van der Waals surface area contributed by atoms with Gasteiger partial charge in [0, 0.05) is 24.1 Å². The second-order valence-corrected chi connectivity index (χ2v) is 10.7. The number of nitrogens with zero attached hydrogens (tertiary/aromatic N) is 2. The molecule has 2 aliphatic rings. The van der Waals surface area contributed by atoms with Gasteiger partial charge in [-0.15, -0.1) is 0 Å². The lowest BCUT2D eigenvalue weighted by Gasteiger charge is -2.28. The van der Waals surface area contributed by atoms with Crippen molar-refractivity contribution in [1.82, 2.24) is 5.32 Å². The van der Waals surface area contributed by atoms with Gasteiger partial charge >= 0.3 is 6.18 Å². The lowest BCUT2D eigenvalue weighted by molar-refractivity contribution is -0.144. The van der Waals surface area contributed by atoms with Crippen molar-refractivity contribution in [2.45, 2.75) is 43.9 Å². The number of halogens is 3. The minimum absolute atomic E-state index is 0.300. The Morgan fingerprint density at radius 3 is 2.19 bits per heavy atom. The first kappa shape index (κ1) is 29.0. The smallest absolute Gasteiger partial charge is 0.369 e. The fourth-order valence-corrected chi connectivity index (χ4v) is 5.36. The number of fused-ring (bicyclic) bond motifs is 1. The first-order valence-electron chi connectivity index (χ1n) is 13.9. The number of aliphatic imine (C=N–C) groups is 1. The molecule has 7 nitrogen and oxygen atoms in total. The van der Waals surface area contributed by atoms with E-state index in [-0.39, 0.29) is 0 Å². The molecule has 1 saturated carbocycles. The molecule has 0 bridgehead atoms. The summed E-state index contributed by atoms with van der Waals surface area (Å²) in [5.41, 5.74) is 8.49. The van der Waals surface area contributed by atoms with E-state index in [2.05, 4.69) is 5.32 Å². The Morgan fingerprint density at radius 1 is 0.952 bits per heavy atom. The molecule has 0 radical (unpaired) electrons. The van der Waals surface area contributed by atoms with E-state index in [1.807, 2.05) is 54.6 Å². The molecule has 3 unspecified atom stereocenters. The summed E-state index contributed by atoms with van der Waals surface area (Å²) in [6.07, 6.45) is -6.08. The third-order valence-corrected chi connectivity index (χ3v) is 7.62. The standard InChI is InChI=1S/C32H31F3N4O3/c33-32(34,35)18-17-24(26(28(36)40)21-9-3-1-4-10-21)30(41)38-29-31(42)39(19-20-15-16-20)25-14-8-7-13-23(25)27(37-29)22-11-5-2-6-12-22/h1-14,20,24,26,29H,15-19H2,(H2,36,40)(H,38,41). The van der Waals surface area contributed by atoms with Gasteiger partial charge in [0.25, 0.3) is 5.91 Å². The Balaban J connectivity index is 1.55. The number of anilines is 1. The maximum absolute atomic E-state index is 14.0. The highest BCUT2D eigenvalue weighted by Crippen LogP contribution is 2.36. The number of rotatable bonds is 10. The molecule has 3 amide bonds. The molecule has 218 valence electrons. The van der Waals surface area contributed by atoms with Gasteiger partial charge in [-0.25, -0.2) is 4.99 Å². The Labute approximate surface area is 241 Å². The van der Waals surface area contributed by atoms with E-state index in [0.717, 1.165) is 12.8 Å². The van der Waals surface area contributed by atoms with Crippen LogP contribution in [-0.2, 0) is 14.4 Å². The van der Waals surface area contributed by atoms with Gasteiger partial charge in [0.2, 0.25) is 18.0 Å². The monoisotopic (exact) mass is 576 g/mol. The van der Waals surface area contributed by atoms with Crippen LogP contribution in [0.1, 0.15) is 48.3 Å². The summed E-state index contributed by atoms with van der Waals surface area (Å²) in [7, 11) is 0. The lowest BCUT2D eigenvalue weighted by atomic mass is 9.81. The van der Waals surface area contributed by atoms with Crippen molar-refractivity contribution in [3.05, 3.63) is 102 Å². The Bertz CT molecular complexity index is 1470. The number of primary amides is 1. The number of nitrogens with two attached hydrogens (primary N) is 1.